The Morgan fingerprint density at radius 2 is 2.00 bits per heavy atom. The zero-order valence-electron chi connectivity index (χ0n) is 10.3. The van der Waals surface area contributed by atoms with Crippen LogP contribution in [0.2, 0.25) is 0 Å². The van der Waals surface area contributed by atoms with Crippen molar-refractivity contribution in [1.29, 1.82) is 0 Å². The van der Waals surface area contributed by atoms with Gasteiger partial charge in [-0.05, 0) is 45.8 Å². The normalized spacial score (nSPS) is 10.3. The van der Waals surface area contributed by atoms with E-state index in [1.165, 1.54) is 11.0 Å². The maximum atomic E-state index is 13.7. The predicted octanol–water partition coefficient (Wildman–Crippen LogP) is 3.26. The van der Waals surface area contributed by atoms with Crippen molar-refractivity contribution in [2.45, 2.75) is 6.54 Å². The summed E-state index contributed by atoms with van der Waals surface area (Å²) in [7, 11) is 1.64. The Morgan fingerprint density at radius 3 is 2.63 bits per heavy atom. The summed E-state index contributed by atoms with van der Waals surface area (Å²) in [5.74, 6) is -0.886. The first-order valence-electron chi connectivity index (χ1n) is 5.68. The largest absolute Gasteiger partial charge is 0.337 e. The zero-order valence-corrected chi connectivity index (χ0v) is 11.9. The van der Waals surface area contributed by atoms with Crippen LogP contribution in [0.3, 0.4) is 0 Å². The van der Waals surface area contributed by atoms with Crippen molar-refractivity contribution >= 4 is 21.8 Å². The molecular weight excluding hydrogens is 311 g/mol. The van der Waals surface area contributed by atoms with E-state index in [4.69, 9.17) is 0 Å². The van der Waals surface area contributed by atoms with E-state index in [1.54, 1.807) is 31.6 Å². The third kappa shape index (κ3) is 3.17. The quantitative estimate of drug-likeness (QED) is 0.869. The number of nitrogens with zero attached hydrogens (tertiary/aromatic N) is 2. The smallest absolute Gasteiger partial charge is 0.258 e. The molecule has 1 aromatic carbocycles. The minimum absolute atomic E-state index is 0.0547. The van der Waals surface area contributed by atoms with Crippen molar-refractivity contribution in [1.82, 2.24) is 9.88 Å². The average Bonchev–Trinajstić information content (AvgIpc) is 2.39. The lowest BCUT2D eigenvalue weighted by molar-refractivity contribution is 0.0779. The summed E-state index contributed by atoms with van der Waals surface area (Å²) < 4.78 is 14.2. The minimum atomic E-state index is -0.527. The molecule has 0 bridgehead atoms. The molecule has 0 aliphatic heterocycles. The van der Waals surface area contributed by atoms with Crippen LogP contribution in [0, 0.1) is 5.82 Å². The molecule has 3 nitrogen and oxygen atoms in total. The second kappa shape index (κ2) is 5.93. The van der Waals surface area contributed by atoms with Crippen LogP contribution in [-0.2, 0) is 6.54 Å². The summed E-state index contributed by atoms with van der Waals surface area (Å²) in [6.45, 7) is 0.405. The molecule has 19 heavy (non-hydrogen) atoms. The molecule has 0 saturated heterocycles. The Hall–Kier alpha value is -1.75. The number of halogens is 2. The minimum Gasteiger partial charge on any atom is -0.337 e. The predicted molar refractivity (Wildman–Crippen MR) is 74.1 cm³/mol. The molecule has 0 fully saturated rings. The first-order valence-corrected chi connectivity index (χ1v) is 6.47. The van der Waals surface area contributed by atoms with Gasteiger partial charge in [-0.2, -0.15) is 0 Å². The summed E-state index contributed by atoms with van der Waals surface area (Å²) in [4.78, 5) is 17.6. The van der Waals surface area contributed by atoms with Crippen LogP contribution in [0.4, 0.5) is 4.39 Å². The summed E-state index contributed by atoms with van der Waals surface area (Å²) in [6, 6.07) is 8.12. The van der Waals surface area contributed by atoms with Gasteiger partial charge in [0.25, 0.3) is 5.91 Å². The summed E-state index contributed by atoms with van der Waals surface area (Å²) in [5.41, 5.74) is 0.998. The standard InChI is InChI=1S/C14H12BrFN2O/c1-18(9-10-5-7-17-8-6-10)14(19)13-11(15)3-2-4-12(13)16/h2-8H,9H2,1H3. The molecule has 1 aromatic heterocycles. The number of benzene rings is 1. The molecule has 0 aliphatic rings. The molecule has 2 aromatic rings. The topological polar surface area (TPSA) is 33.2 Å². The zero-order chi connectivity index (χ0) is 13.8. The van der Waals surface area contributed by atoms with Crippen molar-refractivity contribution in [3.05, 3.63) is 64.1 Å². The van der Waals surface area contributed by atoms with E-state index in [-0.39, 0.29) is 11.5 Å². The van der Waals surface area contributed by atoms with Crippen LogP contribution in [-0.4, -0.2) is 22.8 Å². The molecule has 2 rings (SSSR count). The monoisotopic (exact) mass is 322 g/mol. The Labute approximate surface area is 119 Å². The van der Waals surface area contributed by atoms with Crippen LogP contribution in [0.15, 0.2) is 47.2 Å². The number of carbonyl (C=O) groups excluding carboxylic acids is 1. The van der Waals surface area contributed by atoms with Gasteiger partial charge < -0.3 is 4.90 Å². The summed E-state index contributed by atoms with van der Waals surface area (Å²) in [5, 5.41) is 0. The molecule has 0 atom stereocenters. The molecule has 0 radical (unpaired) electrons. The first kappa shape index (κ1) is 13.7. The third-order valence-electron chi connectivity index (χ3n) is 2.69. The van der Waals surface area contributed by atoms with Gasteiger partial charge in [0.05, 0.1) is 5.56 Å². The molecule has 0 spiro atoms. The van der Waals surface area contributed by atoms with Crippen molar-refractivity contribution < 1.29 is 9.18 Å². The Kier molecular flexibility index (Phi) is 4.27. The second-order valence-electron chi connectivity index (χ2n) is 4.11. The molecule has 5 heteroatoms. The molecule has 1 heterocycles. The van der Waals surface area contributed by atoms with Gasteiger partial charge in [0.15, 0.2) is 0 Å². The van der Waals surface area contributed by atoms with Crippen LogP contribution >= 0.6 is 15.9 Å². The van der Waals surface area contributed by atoms with Gasteiger partial charge in [-0.1, -0.05) is 6.07 Å². The summed E-state index contributed by atoms with van der Waals surface area (Å²) >= 11 is 3.20. The highest BCUT2D eigenvalue weighted by Crippen LogP contribution is 2.21. The van der Waals surface area contributed by atoms with E-state index in [0.29, 0.717) is 11.0 Å². The van der Waals surface area contributed by atoms with E-state index in [0.717, 1.165) is 5.56 Å². The lowest BCUT2D eigenvalue weighted by atomic mass is 10.1. The number of hydrogen-bond acceptors (Lipinski definition) is 2. The molecule has 0 aliphatic carbocycles. The lowest BCUT2D eigenvalue weighted by Crippen LogP contribution is -2.27. The van der Waals surface area contributed by atoms with Gasteiger partial charge in [0, 0.05) is 30.5 Å². The van der Waals surface area contributed by atoms with Crippen molar-refractivity contribution in [2.24, 2.45) is 0 Å². The third-order valence-corrected chi connectivity index (χ3v) is 3.35. The highest BCUT2D eigenvalue weighted by molar-refractivity contribution is 9.10. The fourth-order valence-electron chi connectivity index (χ4n) is 1.73. The number of rotatable bonds is 3. The number of hydrogen-bond donors (Lipinski definition) is 0. The van der Waals surface area contributed by atoms with E-state index in [2.05, 4.69) is 20.9 Å². The number of carbonyl (C=O) groups is 1. The fourth-order valence-corrected chi connectivity index (χ4v) is 2.24. The van der Waals surface area contributed by atoms with Gasteiger partial charge >= 0.3 is 0 Å². The Morgan fingerprint density at radius 1 is 1.32 bits per heavy atom. The maximum absolute atomic E-state index is 13.7. The van der Waals surface area contributed by atoms with Crippen LogP contribution in [0.25, 0.3) is 0 Å². The van der Waals surface area contributed by atoms with Gasteiger partial charge in [-0.3, -0.25) is 9.78 Å². The molecule has 98 valence electrons. The second-order valence-corrected chi connectivity index (χ2v) is 4.97. The van der Waals surface area contributed by atoms with Crippen LogP contribution in [0.5, 0.6) is 0 Å². The van der Waals surface area contributed by atoms with E-state index >= 15 is 0 Å². The van der Waals surface area contributed by atoms with Gasteiger partial charge in [-0.15, -0.1) is 0 Å². The first-order chi connectivity index (χ1) is 9.09. The van der Waals surface area contributed by atoms with Crippen molar-refractivity contribution in [2.75, 3.05) is 7.05 Å². The van der Waals surface area contributed by atoms with Crippen LogP contribution < -0.4 is 0 Å². The SMILES string of the molecule is CN(Cc1ccncc1)C(=O)c1c(F)cccc1Br. The maximum Gasteiger partial charge on any atom is 0.258 e. The fraction of sp³-hybridized carbons (Fsp3) is 0.143. The van der Waals surface area contributed by atoms with E-state index in [1.807, 2.05) is 12.1 Å². The molecule has 0 unspecified atom stereocenters. The number of pyridine rings is 1. The van der Waals surface area contributed by atoms with Gasteiger partial charge in [0.1, 0.15) is 5.82 Å². The molecule has 1 amide bonds. The van der Waals surface area contributed by atoms with E-state index < -0.39 is 5.82 Å². The summed E-state index contributed by atoms with van der Waals surface area (Å²) in [6.07, 6.45) is 3.32. The van der Waals surface area contributed by atoms with Crippen molar-refractivity contribution in [3.63, 3.8) is 0 Å². The van der Waals surface area contributed by atoms with E-state index in [9.17, 15) is 9.18 Å². The Balaban J connectivity index is 2.20. The van der Waals surface area contributed by atoms with Gasteiger partial charge in [0.2, 0.25) is 0 Å². The van der Waals surface area contributed by atoms with Crippen molar-refractivity contribution in [3.8, 4) is 0 Å². The van der Waals surface area contributed by atoms with Crippen LogP contribution in [0.1, 0.15) is 15.9 Å². The molecule has 0 saturated carbocycles. The Bertz CT molecular complexity index is 569. The van der Waals surface area contributed by atoms with Gasteiger partial charge in [-0.25, -0.2) is 4.39 Å². The highest BCUT2D eigenvalue weighted by atomic mass is 79.9. The average molecular weight is 323 g/mol. The number of aromatic nitrogens is 1. The molecular formula is C14H12BrFN2O. The number of amides is 1. The lowest BCUT2D eigenvalue weighted by Gasteiger charge is -2.18. The molecule has 0 N–H and O–H groups in total. The highest BCUT2D eigenvalue weighted by Gasteiger charge is 2.19.